The lowest BCUT2D eigenvalue weighted by molar-refractivity contribution is 0.0494. The summed E-state index contributed by atoms with van der Waals surface area (Å²) in [5, 5.41) is 7.44. The van der Waals surface area contributed by atoms with Crippen LogP contribution in [0.15, 0.2) is 0 Å². The van der Waals surface area contributed by atoms with Crippen molar-refractivity contribution in [3.63, 3.8) is 0 Å². The zero-order valence-corrected chi connectivity index (χ0v) is 15.3. The standard InChI is InChI=1S/C16H28N4O2S/c1-5-6-18-10-7-11(19-15(21)22-16(2,3)4)14-12(8-10)23-13(9-17)20-14/h10-11,18H,5-9,17H2,1-4H3,(H,19,21)/t10?,11-/m1/s1. The number of amides is 1. The highest BCUT2D eigenvalue weighted by Gasteiger charge is 2.32. The summed E-state index contributed by atoms with van der Waals surface area (Å²) in [6.07, 6.45) is 2.45. The van der Waals surface area contributed by atoms with Gasteiger partial charge in [0.2, 0.25) is 0 Å². The van der Waals surface area contributed by atoms with Gasteiger partial charge in [0.1, 0.15) is 10.6 Å². The minimum atomic E-state index is -0.508. The second-order valence-corrected chi connectivity index (χ2v) is 8.08. The summed E-state index contributed by atoms with van der Waals surface area (Å²) in [5.74, 6) is 0. The Hall–Kier alpha value is -1.18. The minimum absolute atomic E-state index is 0.125. The van der Waals surface area contributed by atoms with E-state index in [4.69, 9.17) is 10.5 Å². The topological polar surface area (TPSA) is 89.3 Å². The van der Waals surface area contributed by atoms with Gasteiger partial charge in [-0.25, -0.2) is 9.78 Å². The lowest BCUT2D eigenvalue weighted by Crippen LogP contribution is -2.42. The van der Waals surface area contributed by atoms with Crippen LogP contribution in [0.3, 0.4) is 0 Å². The third-order valence-corrected chi connectivity index (χ3v) is 4.72. The van der Waals surface area contributed by atoms with E-state index in [0.29, 0.717) is 12.6 Å². The van der Waals surface area contributed by atoms with Gasteiger partial charge in [0.05, 0.1) is 11.7 Å². The molecule has 23 heavy (non-hydrogen) atoms. The van der Waals surface area contributed by atoms with Crippen LogP contribution in [-0.4, -0.2) is 29.3 Å². The molecule has 0 bridgehead atoms. The lowest BCUT2D eigenvalue weighted by atomic mass is 9.93. The molecule has 4 N–H and O–H groups in total. The number of carbonyl (C=O) groups is 1. The quantitative estimate of drug-likeness (QED) is 0.766. The van der Waals surface area contributed by atoms with Crippen LogP contribution in [0, 0.1) is 0 Å². The number of alkyl carbamates (subject to hydrolysis) is 1. The smallest absolute Gasteiger partial charge is 0.408 e. The van der Waals surface area contributed by atoms with Crippen molar-refractivity contribution in [2.45, 2.75) is 71.2 Å². The molecule has 0 fully saturated rings. The number of hydrogen-bond acceptors (Lipinski definition) is 6. The number of hydrogen-bond donors (Lipinski definition) is 3. The molecule has 1 aromatic rings. The molecule has 7 heteroatoms. The predicted octanol–water partition coefficient (Wildman–Crippen LogP) is 2.48. The van der Waals surface area contributed by atoms with Gasteiger partial charge >= 0.3 is 6.09 Å². The van der Waals surface area contributed by atoms with Gasteiger partial charge in [0.25, 0.3) is 0 Å². The first-order valence-corrected chi connectivity index (χ1v) is 9.05. The van der Waals surface area contributed by atoms with E-state index < -0.39 is 11.7 Å². The normalized spacial score (nSPS) is 20.9. The molecule has 1 heterocycles. The molecule has 6 nitrogen and oxygen atoms in total. The summed E-state index contributed by atoms with van der Waals surface area (Å²) in [4.78, 5) is 18.0. The second kappa shape index (κ2) is 7.59. The van der Waals surface area contributed by atoms with Crippen LogP contribution in [-0.2, 0) is 17.7 Å². The third-order valence-electron chi connectivity index (χ3n) is 3.60. The van der Waals surface area contributed by atoms with Crippen LogP contribution < -0.4 is 16.4 Å². The Morgan fingerprint density at radius 3 is 2.83 bits per heavy atom. The highest BCUT2D eigenvalue weighted by atomic mass is 32.1. The summed E-state index contributed by atoms with van der Waals surface area (Å²) in [7, 11) is 0. The molecule has 1 amide bonds. The minimum Gasteiger partial charge on any atom is -0.444 e. The number of nitrogens with one attached hydrogen (secondary N) is 2. The molecule has 1 aliphatic carbocycles. The molecule has 2 rings (SSSR count). The van der Waals surface area contributed by atoms with Gasteiger partial charge in [0.15, 0.2) is 0 Å². The first-order valence-electron chi connectivity index (χ1n) is 8.23. The molecule has 1 aliphatic rings. The van der Waals surface area contributed by atoms with E-state index in [1.807, 2.05) is 20.8 Å². The van der Waals surface area contributed by atoms with Gasteiger partial charge in [-0.05, 0) is 46.6 Å². The molecule has 1 aromatic heterocycles. The van der Waals surface area contributed by atoms with Crippen molar-refractivity contribution in [3.05, 3.63) is 15.6 Å². The van der Waals surface area contributed by atoms with E-state index in [-0.39, 0.29) is 6.04 Å². The zero-order valence-electron chi connectivity index (χ0n) is 14.4. The van der Waals surface area contributed by atoms with Crippen LogP contribution in [0.1, 0.15) is 62.2 Å². The number of ether oxygens (including phenoxy) is 1. The second-order valence-electron chi connectivity index (χ2n) is 6.91. The van der Waals surface area contributed by atoms with E-state index in [9.17, 15) is 4.79 Å². The van der Waals surface area contributed by atoms with Crippen LogP contribution in [0.5, 0.6) is 0 Å². The molecule has 0 saturated heterocycles. The maximum absolute atomic E-state index is 12.1. The Labute approximate surface area is 142 Å². The van der Waals surface area contributed by atoms with Crippen LogP contribution in [0.2, 0.25) is 0 Å². The van der Waals surface area contributed by atoms with Crippen molar-refractivity contribution in [2.75, 3.05) is 6.54 Å². The van der Waals surface area contributed by atoms with Gasteiger partial charge < -0.3 is 21.1 Å². The summed E-state index contributed by atoms with van der Waals surface area (Å²) in [5.41, 5.74) is 6.17. The van der Waals surface area contributed by atoms with Crippen LogP contribution in [0.4, 0.5) is 4.79 Å². The predicted molar refractivity (Wildman–Crippen MR) is 92.5 cm³/mol. The molecule has 0 aliphatic heterocycles. The molecule has 0 saturated carbocycles. The summed E-state index contributed by atoms with van der Waals surface area (Å²) in [6.45, 7) is 9.14. The fraction of sp³-hybridized carbons (Fsp3) is 0.750. The molecule has 0 radical (unpaired) electrons. The van der Waals surface area contributed by atoms with E-state index in [2.05, 4.69) is 22.5 Å². The number of nitrogens with zero attached hydrogens (tertiary/aromatic N) is 1. The van der Waals surface area contributed by atoms with Crippen molar-refractivity contribution in [2.24, 2.45) is 5.73 Å². The Bertz CT molecular complexity index is 539. The van der Waals surface area contributed by atoms with Crippen molar-refractivity contribution < 1.29 is 9.53 Å². The molecule has 0 spiro atoms. The van der Waals surface area contributed by atoms with Crippen molar-refractivity contribution in [3.8, 4) is 0 Å². The maximum Gasteiger partial charge on any atom is 0.408 e. The average molecular weight is 340 g/mol. The number of aromatic nitrogens is 1. The van der Waals surface area contributed by atoms with E-state index >= 15 is 0 Å². The highest BCUT2D eigenvalue weighted by molar-refractivity contribution is 7.11. The fourth-order valence-corrected chi connectivity index (χ4v) is 3.79. The summed E-state index contributed by atoms with van der Waals surface area (Å²) in [6, 6.07) is 0.216. The highest BCUT2D eigenvalue weighted by Crippen LogP contribution is 2.33. The van der Waals surface area contributed by atoms with Gasteiger partial charge in [-0.2, -0.15) is 0 Å². The van der Waals surface area contributed by atoms with Crippen LogP contribution in [0.25, 0.3) is 0 Å². The fourth-order valence-electron chi connectivity index (χ4n) is 2.70. The SMILES string of the molecule is CCCNC1Cc2sc(CN)nc2[C@H](NC(=O)OC(C)(C)C)C1. The van der Waals surface area contributed by atoms with Gasteiger partial charge in [-0.1, -0.05) is 6.92 Å². The molecule has 130 valence electrons. The van der Waals surface area contributed by atoms with Crippen LogP contribution >= 0.6 is 11.3 Å². The Morgan fingerprint density at radius 1 is 1.48 bits per heavy atom. The van der Waals surface area contributed by atoms with E-state index in [1.165, 1.54) is 4.88 Å². The molecule has 1 unspecified atom stereocenters. The van der Waals surface area contributed by atoms with Crippen molar-refractivity contribution >= 4 is 17.4 Å². The molecule has 0 aromatic carbocycles. The summed E-state index contributed by atoms with van der Waals surface area (Å²) >= 11 is 1.65. The first-order chi connectivity index (χ1) is 10.8. The lowest BCUT2D eigenvalue weighted by Gasteiger charge is -2.30. The van der Waals surface area contributed by atoms with Gasteiger partial charge in [-0.15, -0.1) is 11.3 Å². The molecule has 2 atom stereocenters. The number of fused-ring (bicyclic) bond motifs is 1. The maximum atomic E-state index is 12.1. The van der Waals surface area contributed by atoms with E-state index in [1.54, 1.807) is 11.3 Å². The monoisotopic (exact) mass is 340 g/mol. The molecular weight excluding hydrogens is 312 g/mol. The number of nitrogens with two attached hydrogens (primary N) is 1. The number of carbonyl (C=O) groups excluding carboxylic acids is 1. The third kappa shape index (κ3) is 5.16. The summed E-state index contributed by atoms with van der Waals surface area (Å²) < 4.78 is 5.39. The van der Waals surface area contributed by atoms with E-state index in [0.717, 1.165) is 36.5 Å². The Balaban J connectivity index is 2.12. The number of thiazole rings is 1. The molecular formula is C16H28N4O2S. The Morgan fingerprint density at radius 2 is 2.22 bits per heavy atom. The largest absolute Gasteiger partial charge is 0.444 e. The van der Waals surface area contributed by atoms with Gasteiger partial charge in [0, 0.05) is 17.5 Å². The van der Waals surface area contributed by atoms with Crippen molar-refractivity contribution in [1.29, 1.82) is 0 Å². The Kier molecular flexibility index (Phi) is 6.00. The average Bonchev–Trinajstić information content (AvgIpc) is 2.86. The van der Waals surface area contributed by atoms with Gasteiger partial charge in [-0.3, -0.25) is 0 Å². The first kappa shape index (κ1) is 18.2. The zero-order chi connectivity index (χ0) is 17.0. The number of rotatable bonds is 5. The van der Waals surface area contributed by atoms with Crippen molar-refractivity contribution in [1.82, 2.24) is 15.6 Å².